The van der Waals surface area contributed by atoms with Gasteiger partial charge in [0.1, 0.15) is 5.75 Å². The molecule has 1 saturated carbocycles. The van der Waals surface area contributed by atoms with Crippen LogP contribution in [0.5, 0.6) is 5.75 Å². The molecular formula is C20H18Cl2N2O. The molecule has 25 heavy (non-hydrogen) atoms. The molecule has 2 aromatic rings. The van der Waals surface area contributed by atoms with E-state index in [1.807, 2.05) is 42.5 Å². The third kappa shape index (κ3) is 2.44. The van der Waals surface area contributed by atoms with Crippen LogP contribution < -0.4 is 4.74 Å². The predicted octanol–water partition coefficient (Wildman–Crippen LogP) is 5.81. The van der Waals surface area contributed by atoms with E-state index in [1.165, 1.54) is 12.8 Å². The van der Waals surface area contributed by atoms with Crippen molar-refractivity contribution in [2.24, 2.45) is 5.10 Å². The zero-order valence-corrected chi connectivity index (χ0v) is 15.2. The minimum Gasteiger partial charge on any atom is -0.466 e. The summed E-state index contributed by atoms with van der Waals surface area (Å²) in [6, 6.07) is 14.1. The van der Waals surface area contributed by atoms with Gasteiger partial charge in [0.05, 0.1) is 11.8 Å². The molecule has 0 radical (unpaired) electrons. The highest BCUT2D eigenvalue weighted by molar-refractivity contribution is 6.31. The number of rotatable bonds is 1. The first-order valence-electron chi connectivity index (χ1n) is 8.76. The van der Waals surface area contributed by atoms with Crippen LogP contribution in [-0.4, -0.2) is 16.4 Å². The minimum absolute atomic E-state index is 0.186. The summed E-state index contributed by atoms with van der Waals surface area (Å²) in [6.45, 7) is 0. The second kappa shape index (κ2) is 5.65. The highest BCUT2D eigenvalue weighted by Gasteiger charge is 2.51. The smallest absolute Gasteiger partial charge is 0.198 e. The molecule has 3 nitrogen and oxygen atoms in total. The maximum atomic E-state index is 6.49. The van der Waals surface area contributed by atoms with Crippen LogP contribution in [0.3, 0.4) is 0 Å². The second-order valence-corrected chi connectivity index (χ2v) is 7.93. The summed E-state index contributed by atoms with van der Waals surface area (Å²) >= 11 is 12.3. The van der Waals surface area contributed by atoms with Crippen molar-refractivity contribution in [3.63, 3.8) is 0 Å². The summed E-state index contributed by atoms with van der Waals surface area (Å²) in [5.41, 5.74) is 3.04. The van der Waals surface area contributed by atoms with E-state index in [9.17, 15) is 0 Å². The van der Waals surface area contributed by atoms with E-state index in [2.05, 4.69) is 5.01 Å². The lowest BCUT2D eigenvalue weighted by atomic mass is 9.94. The number of ether oxygens (including phenoxy) is 1. The lowest BCUT2D eigenvalue weighted by molar-refractivity contribution is -0.114. The maximum absolute atomic E-state index is 6.49. The second-order valence-electron chi connectivity index (χ2n) is 7.06. The summed E-state index contributed by atoms with van der Waals surface area (Å²) in [5.74, 6) is 0.958. The number of halogens is 2. The van der Waals surface area contributed by atoms with Crippen LogP contribution in [-0.2, 0) is 0 Å². The molecule has 128 valence electrons. The average Bonchev–Trinajstić information content (AvgIpc) is 3.25. The monoisotopic (exact) mass is 372 g/mol. The first-order valence-corrected chi connectivity index (χ1v) is 9.51. The number of hydrogen-bond acceptors (Lipinski definition) is 3. The molecule has 0 amide bonds. The van der Waals surface area contributed by atoms with Gasteiger partial charge in [-0.2, -0.15) is 5.10 Å². The van der Waals surface area contributed by atoms with Crippen molar-refractivity contribution in [1.29, 1.82) is 0 Å². The van der Waals surface area contributed by atoms with Crippen LogP contribution in [0, 0.1) is 0 Å². The molecule has 1 aliphatic carbocycles. The first-order chi connectivity index (χ1) is 12.1. The molecule has 0 unspecified atom stereocenters. The van der Waals surface area contributed by atoms with Crippen molar-refractivity contribution >= 4 is 28.9 Å². The van der Waals surface area contributed by atoms with Gasteiger partial charge in [-0.1, -0.05) is 35.3 Å². The number of fused-ring (bicyclic) bond motifs is 4. The Morgan fingerprint density at radius 3 is 2.48 bits per heavy atom. The molecule has 2 heterocycles. The number of benzene rings is 2. The van der Waals surface area contributed by atoms with Crippen molar-refractivity contribution in [2.75, 3.05) is 0 Å². The molecular weight excluding hydrogens is 355 g/mol. The van der Waals surface area contributed by atoms with Gasteiger partial charge in [-0.3, -0.25) is 0 Å². The molecule has 1 fully saturated rings. The van der Waals surface area contributed by atoms with Gasteiger partial charge in [0.2, 0.25) is 0 Å². The van der Waals surface area contributed by atoms with Crippen molar-refractivity contribution < 1.29 is 4.74 Å². The molecule has 2 aliphatic heterocycles. The van der Waals surface area contributed by atoms with E-state index in [-0.39, 0.29) is 11.8 Å². The highest BCUT2D eigenvalue weighted by Crippen LogP contribution is 2.52. The van der Waals surface area contributed by atoms with Gasteiger partial charge in [-0.25, -0.2) is 5.01 Å². The van der Waals surface area contributed by atoms with E-state index < -0.39 is 0 Å². The van der Waals surface area contributed by atoms with E-state index >= 15 is 0 Å². The summed E-state index contributed by atoms with van der Waals surface area (Å²) in [4.78, 5) is 0. The Morgan fingerprint density at radius 2 is 1.72 bits per heavy atom. The molecule has 0 aromatic heterocycles. The molecule has 5 heteroatoms. The number of hydrogen-bond donors (Lipinski definition) is 0. The fraction of sp³-hybridized carbons (Fsp3) is 0.350. The summed E-state index contributed by atoms with van der Waals surface area (Å²) in [7, 11) is 0. The van der Waals surface area contributed by atoms with Crippen molar-refractivity contribution in [1.82, 2.24) is 5.01 Å². The Labute approximate surface area is 157 Å². The Hall–Kier alpha value is -1.71. The van der Waals surface area contributed by atoms with Crippen molar-refractivity contribution in [3.8, 4) is 5.75 Å². The van der Waals surface area contributed by atoms with E-state index in [4.69, 9.17) is 33.0 Å². The molecule has 0 saturated heterocycles. The summed E-state index contributed by atoms with van der Waals surface area (Å²) in [5, 5.41) is 8.71. The number of hydrazone groups is 1. The Morgan fingerprint density at radius 1 is 1.00 bits per heavy atom. The number of nitrogens with zero attached hydrogens (tertiary/aromatic N) is 2. The maximum Gasteiger partial charge on any atom is 0.198 e. The van der Waals surface area contributed by atoms with Gasteiger partial charge in [0.25, 0.3) is 0 Å². The van der Waals surface area contributed by atoms with Crippen LogP contribution in [0.15, 0.2) is 47.6 Å². The predicted molar refractivity (Wildman–Crippen MR) is 100 cm³/mol. The van der Waals surface area contributed by atoms with Gasteiger partial charge >= 0.3 is 0 Å². The van der Waals surface area contributed by atoms with Gasteiger partial charge in [-0.15, -0.1) is 0 Å². The third-order valence-electron chi connectivity index (χ3n) is 5.52. The normalized spacial score (nSPS) is 23.2. The fourth-order valence-electron chi connectivity index (χ4n) is 4.33. The van der Waals surface area contributed by atoms with Gasteiger partial charge < -0.3 is 4.74 Å². The highest BCUT2D eigenvalue weighted by atomic mass is 35.5. The van der Waals surface area contributed by atoms with Crippen molar-refractivity contribution in [3.05, 3.63) is 63.6 Å². The zero-order valence-electron chi connectivity index (χ0n) is 13.7. The largest absolute Gasteiger partial charge is 0.466 e. The van der Waals surface area contributed by atoms with Crippen LogP contribution in [0.1, 0.15) is 49.3 Å². The SMILES string of the molecule is Clc1ccc(C2=NN3[C@@H](C2)c2cc(Cl)ccc2OC32CCCC2)cc1. The van der Waals surface area contributed by atoms with Crippen LogP contribution in [0.2, 0.25) is 10.0 Å². The lowest BCUT2D eigenvalue weighted by Gasteiger charge is -2.45. The van der Waals surface area contributed by atoms with Gasteiger partial charge in [0.15, 0.2) is 5.72 Å². The summed E-state index contributed by atoms with van der Waals surface area (Å²) in [6.07, 6.45) is 5.25. The Balaban J connectivity index is 1.60. The lowest BCUT2D eigenvalue weighted by Crippen LogP contribution is -2.51. The fourth-order valence-corrected chi connectivity index (χ4v) is 4.63. The topological polar surface area (TPSA) is 24.8 Å². The molecule has 1 spiro atoms. The zero-order chi connectivity index (χ0) is 17.0. The molecule has 0 bridgehead atoms. The molecule has 1 atom stereocenters. The van der Waals surface area contributed by atoms with Crippen molar-refractivity contribution in [2.45, 2.75) is 43.9 Å². The van der Waals surface area contributed by atoms with Gasteiger partial charge in [-0.05, 0) is 48.7 Å². The average molecular weight is 373 g/mol. The standard InChI is InChI=1S/C20H18Cl2N2O/c21-14-5-3-13(4-6-14)17-12-18-16-11-15(22)7-8-19(16)25-20(24(18)23-17)9-1-2-10-20/h3-8,11,18H,1-2,9-10,12H2/t18-/m0/s1. The molecule has 3 aliphatic rings. The molecule has 2 aromatic carbocycles. The van der Waals surface area contributed by atoms with Crippen LogP contribution in [0.25, 0.3) is 0 Å². The van der Waals surface area contributed by atoms with Gasteiger partial charge in [0, 0.05) is 34.9 Å². The minimum atomic E-state index is -0.306. The van der Waals surface area contributed by atoms with E-state index in [0.29, 0.717) is 0 Å². The molecule has 0 N–H and O–H groups in total. The quantitative estimate of drug-likeness (QED) is 0.630. The van der Waals surface area contributed by atoms with E-state index in [0.717, 1.165) is 51.9 Å². The van der Waals surface area contributed by atoms with Crippen LogP contribution >= 0.6 is 23.2 Å². The third-order valence-corrected chi connectivity index (χ3v) is 6.01. The van der Waals surface area contributed by atoms with Crippen LogP contribution in [0.4, 0.5) is 0 Å². The first kappa shape index (κ1) is 15.5. The Kier molecular flexibility index (Phi) is 3.51. The summed E-state index contributed by atoms with van der Waals surface area (Å²) < 4.78 is 6.49. The molecule has 5 rings (SSSR count). The Bertz CT molecular complexity index is 856. The van der Waals surface area contributed by atoms with E-state index in [1.54, 1.807) is 0 Å².